The molecule has 0 radical (unpaired) electrons. The van der Waals surface area contributed by atoms with Gasteiger partial charge in [-0.1, -0.05) is 42.0 Å². The van der Waals surface area contributed by atoms with E-state index in [1.54, 1.807) is 24.6 Å². The molecule has 7 heteroatoms. The van der Waals surface area contributed by atoms with Crippen LogP contribution in [0.3, 0.4) is 0 Å². The second kappa shape index (κ2) is 7.99. The lowest BCUT2D eigenvalue weighted by Gasteiger charge is -2.08. The zero-order valence-electron chi connectivity index (χ0n) is 19.3. The standard InChI is InChI=1S/C28H23N3O3S/c1-19-9-12-22(13-10-19)35(32,33)31-18-21(23-6-3-4-7-25(23)31)17-30-26-14-11-20(2)16-24(26)29-28(30)27-8-5-15-34-27/h3-16,18H,17H2,1-2H3. The lowest BCUT2D eigenvalue weighted by Crippen LogP contribution is -2.12. The van der Waals surface area contributed by atoms with Gasteiger partial charge in [0.25, 0.3) is 10.0 Å². The minimum absolute atomic E-state index is 0.259. The van der Waals surface area contributed by atoms with Crippen LogP contribution in [0, 0.1) is 13.8 Å². The summed E-state index contributed by atoms with van der Waals surface area (Å²) >= 11 is 0. The minimum atomic E-state index is -3.77. The predicted molar refractivity (Wildman–Crippen MR) is 137 cm³/mol. The Bertz CT molecular complexity index is 1790. The summed E-state index contributed by atoms with van der Waals surface area (Å²) in [6.45, 7) is 4.41. The number of rotatable bonds is 5. The number of para-hydroxylation sites is 1. The van der Waals surface area contributed by atoms with Gasteiger partial charge >= 0.3 is 0 Å². The molecule has 0 spiro atoms. The first kappa shape index (κ1) is 21.4. The smallest absolute Gasteiger partial charge is 0.268 e. The molecule has 0 aliphatic rings. The SMILES string of the molecule is Cc1ccc(S(=O)(=O)n2cc(Cn3c(-c4ccco4)nc4cc(C)ccc43)c3ccccc32)cc1. The Kier molecular flexibility index (Phi) is 4.89. The summed E-state index contributed by atoms with van der Waals surface area (Å²) in [5, 5.41) is 0.877. The largest absolute Gasteiger partial charge is 0.461 e. The van der Waals surface area contributed by atoms with Crippen LogP contribution in [0.5, 0.6) is 0 Å². The summed E-state index contributed by atoms with van der Waals surface area (Å²) in [7, 11) is -3.77. The van der Waals surface area contributed by atoms with Crippen molar-refractivity contribution >= 4 is 32.0 Å². The molecule has 35 heavy (non-hydrogen) atoms. The second-order valence-corrected chi connectivity index (χ2v) is 10.6. The molecule has 3 heterocycles. The van der Waals surface area contributed by atoms with E-state index in [1.165, 1.54) is 3.97 Å². The Morgan fingerprint density at radius 1 is 0.857 bits per heavy atom. The van der Waals surface area contributed by atoms with E-state index in [2.05, 4.69) is 10.6 Å². The van der Waals surface area contributed by atoms with Gasteiger partial charge in [-0.2, -0.15) is 0 Å². The van der Waals surface area contributed by atoms with Gasteiger partial charge in [-0.25, -0.2) is 17.4 Å². The van der Waals surface area contributed by atoms with Crippen molar-refractivity contribution in [1.29, 1.82) is 0 Å². The van der Waals surface area contributed by atoms with Crippen LogP contribution < -0.4 is 0 Å². The van der Waals surface area contributed by atoms with Gasteiger partial charge in [-0.15, -0.1) is 0 Å². The number of furan rings is 1. The molecular formula is C28H23N3O3S. The fraction of sp³-hybridized carbons (Fsp3) is 0.107. The molecule has 0 N–H and O–H groups in total. The summed E-state index contributed by atoms with van der Waals surface area (Å²) < 4.78 is 36.4. The number of aryl methyl sites for hydroxylation is 2. The first-order valence-electron chi connectivity index (χ1n) is 11.3. The normalized spacial score (nSPS) is 12.1. The molecule has 6 aromatic rings. The van der Waals surface area contributed by atoms with E-state index >= 15 is 0 Å². The average molecular weight is 482 g/mol. The highest BCUT2D eigenvalue weighted by atomic mass is 32.2. The lowest BCUT2D eigenvalue weighted by molar-refractivity contribution is 0.572. The van der Waals surface area contributed by atoms with Crippen molar-refractivity contribution in [2.75, 3.05) is 0 Å². The Hall–Kier alpha value is -4.10. The quantitative estimate of drug-likeness (QED) is 0.296. The van der Waals surface area contributed by atoms with Crippen LogP contribution in [-0.2, 0) is 16.6 Å². The topological polar surface area (TPSA) is 70.0 Å². The van der Waals surface area contributed by atoms with E-state index in [0.29, 0.717) is 23.6 Å². The third kappa shape index (κ3) is 3.56. The molecule has 0 aliphatic carbocycles. The Balaban J connectivity index is 1.54. The molecule has 0 saturated heterocycles. The fourth-order valence-corrected chi connectivity index (χ4v) is 5.92. The molecule has 0 aliphatic heterocycles. The predicted octanol–water partition coefficient (Wildman–Crippen LogP) is 6.15. The van der Waals surface area contributed by atoms with Gasteiger partial charge < -0.3 is 8.98 Å². The number of fused-ring (bicyclic) bond motifs is 2. The zero-order chi connectivity index (χ0) is 24.2. The van der Waals surface area contributed by atoms with Gasteiger partial charge in [0.15, 0.2) is 11.6 Å². The molecule has 0 saturated carbocycles. The van der Waals surface area contributed by atoms with E-state index in [-0.39, 0.29) is 4.90 Å². The molecule has 0 unspecified atom stereocenters. The van der Waals surface area contributed by atoms with Crippen molar-refractivity contribution in [2.24, 2.45) is 0 Å². The Morgan fingerprint density at radius 2 is 1.63 bits per heavy atom. The van der Waals surface area contributed by atoms with Crippen LogP contribution in [-0.4, -0.2) is 21.9 Å². The highest BCUT2D eigenvalue weighted by Gasteiger charge is 2.23. The lowest BCUT2D eigenvalue weighted by atomic mass is 10.1. The number of benzene rings is 3. The molecule has 0 amide bonds. The van der Waals surface area contributed by atoms with Crippen molar-refractivity contribution in [1.82, 2.24) is 13.5 Å². The monoisotopic (exact) mass is 481 g/mol. The van der Waals surface area contributed by atoms with Crippen LogP contribution in [0.1, 0.15) is 16.7 Å². The minimum Gasteiger partial charge on any atom is -0.461 e. The van der Waals surface area contributed by atoms with Gasteiger partial charge in [0, 0.05) is 11.6 Å². The maximum atomic E-state index is 13.6. The van der Waals surface area contributed by atoms with Crippen molar-refractivity contribution in [3.05, 3.63) is 108 Å². The molecule has 0 bridgehead atoms. The molecule has 0 atom stereocenters. The van der Waals surface area contributed by atoms with E-state index in [0.717, 1.165) is 33.1 Å². The number of aromatic nitrogens is 3. The molecule has 174 valence electrons. The molecule has 3 aromatic heterocycles. The van der Waals surface area contributed by atoms with E-state index in [9.17, 15) is 8.42 Å². The zero-order valence-corrected chi connectivity index (χ0v) is 20.2. The Morgan fingerprint density at radius 3 is 2.40 bits per heavy atom. The highest BCUT2D eigenvalue weighted by Crippen LogP contribution is 2.31. The summed E-state index contributed by atoms with van der Waals surface area (Å²) in [5.41, 5.74) is 5.48. The number of nitrogens with zero attached hydrogens (tertiary/aromatic N) is 3. The maximum absolute atomic E-state index is 13.6. The van der Waals surface area contributed by atoms with Crippen molar-refractivity contribution in [3.8, 4) is 11.6 Å². The average Bonchev–Trinajstić information content (AvgIpc) is 3.58. The molecular weight excluding hydrogens is 458 g/mol. The molecule has 6 rings (SSSR count). The van der Waals surface area contributed by atoms with Gasteiger partial charge in [0.05, 0.1) is 34.3 Å². The maximum Gasteiger partial charge on any atom is 0.268 e. The summed E-state index contributed by atoms with van der Waals surface area (Å²) in [6, 6.07) is 24.4. The second-order valence-electron chi connectivity index (χ2n) is 8.78. The third-order valence-corrected chi connectivity index (χ3v) is 8.00. The van der Waals surface area contributed by atoms with Crippen molar-refractivity contribution in [2.45, 2.75) is 25.3 Å². The molecule has 0 fully saturated rings. The molecule has 6 nitrogen and oxygen atoms in total. The molecule has 3 aromatic carbocycles. The van der Waals surface area contributed by atoms with Crippen LogP contribution in [0.25, 0.3) is 33.5 Å². The van der Waals surface area contributed by atoms with Crippen molar-refractivity contribution in [3.63, 3.8) is 0 Å². The number of hydrogen-bond donors (Lipinski definition) is 0. The van der Waals surface area contributed by atoms with Gasteiger partial charge in [0.2, 0.25) is 0 Å². The van der Waals surface area contributed by atoms with Crippen LogP contribution in [0.4, 0.5) is 0 Å². The first-order valence-corrected chi connectivity index (χ1v) is 12.8. The number of hydrogen-bond acceptors (Lipinski definition) is 4. The van der Waals surface area contributed by atoms with Gasteiger partial charge in [-0.05, 0) is 67.4 Å². The van der Waals surface area contributed by atoms with E-state index in [4.69, 9.17) is 9.40 Å². The Labute approximate surface area is 203 Å². The van der Waals surface area contributed by atoms with E-state index < -0.39 is 10.0 Å². The highest BCUT2D eigenvalue weighted by molar-refractivity contribution is 7.90. The van der Waals surface area contributed by atoms with Crippen molar-refractivity contribution < 1.29 is 12.8 Å². The summed E-state index contributed by atoms with van der Waals surface area (Å²) in [4.78, 5) is 5.11. The van der Waals surface area contributed by atoms with Gasteiger partial charge in [-0.3, -0.25) is 0 Å². The fourth-order valence-electron chi connectivity index (χ4n) is 4.53. The number of imidazole rings is 1. The first-order chi connectivity index (χ1) is 16.9. The third-order valence-electron chi connectivity index (χ3n) is 6.31. The van der Waals surface area contributed by atoms with Crippen LogP contribution in [0.15, 0.2) is 101 Å². The van der Waals surface area contributed by atoms with Gasteiger partial charge in [0.1, 0.15) is 0 Å². The van der Waals surface area contributed by atoms with Crippen LogP contribution in [0.2, 0.25) is 0 Å². The van der Waals surface area contributed by atoms with E-state index in [1.807, 2.05) is 74.5 Å². The summed E-state index contributed by atoms with van der Waals surface area (Å²) in [5.74, 6) is 1.36. The summed E-state index contributed by atoms with van der Waals surface area (Å²) in [6.07, 6.45) is 3.36. The van der Waals surface area contributed by atoms with Crippen LogP contribution >= 0.6 is 0 Å².